The number of benzene rings is 2. The number of hydrogen-bond acceptors (Lipinski definition) is 1. The summed E-state index contributed by atoms with van der Waals surface area (Å²) in [6.45, 7) is 1.88. The predicted molar refractivity (Wildman–Crippen MR) is 85.3 cm³/mol. The van der Waals surface area contributed by atoms with E-state index in [-0.39, 0.29) is 11.7 Å². The van der Waals surface area contributed by atoms with Gasteiger partial charge in [-0.05, 0) is 36.8 Å². The van der Waals surface area contributed by atoms with E-state index in [1.165, 1.54) is 12.1 Å². The normalized spacial score (nSPS) is 11.3. The summed E-state index contributed by atoms with van der Waals surface area (Å²) in [5, 5.41) is 1.13. The Bertz CT molecular complexity index is 843. The molecule has 6 heteroatoms. The van der Waals surface area contributed by atoms with Gasteiger partial charge in [0.25, 0.3) is 0 Å². The van der Waals surface area contributed by atoms with E-state index in [1.807, 2.05) is 6.92 Å². The summed E-state index contributed by atoms with van der Waals surface area (Å²) < 4.78 is 15.2. The Morgan fingerprint density at radius 2 is 1.90 bits per heavy atom. The number of aromatic nitrogens is 2. The standard InChI is InChI=1S/C15H10Cl3FN2/c1-8-4-11(18)14(6-10(8)17)21-13-3-2-9(19)5-12(13)20-15(21)7-16/h2-6H,7H2,1H3. The van der Waals surface area contributed by atoms with Crippen LogP contribution in [0.4, 0.5) is 4.39 Å². The number of hydrogen-bond donors (Lipinski definition) is 0. The monoisotopic (exact) mass is 342 g/mol. The minimum atomic E-state index is -0.346. The molecule has 0 radical (unpaired) electrons. The van der Waals surface area contributed by atoms with E-state index in [9.17, 15) is 4.39 Å². The van der Waals surface area contributed by atoms with Gasteiger partial charge in [-0.3, -0.25) is 4.57 Å². The van der Waals surface area contributed by atoms with Crippen molar-refractivity contribution in [3.05, 3.63) is 57.6 Å². The molecule has 2 aromatic carbocycles. The Hall–Kier alpha value is -1.29. The highest BCUT2D eigenvalue weighted by Crippen LogP contribution is 2.32. The summed E-state index contributed by atoms with van der Waals surface area (Å²) in [6.07, 6.45) is 0. The van der Waals surface area contributed by atoms with Crippen LogP contribution in [-0.4, -0.2) is 9.55 Å². The molecule has 0 atom stereocenters. The molecule has 0 aliphatic carbocycles. The first kappa shape index (κ1) is 14.6. The maximum absolute atomic E-state index is 13.4. The number of nitrogens with zero attached hydrogens (tertiary/aromatic N) is 2. The lowest BCUT2D eigenvalue weighted by atomic mass is 10.2. The molecule has 0 amide bonds. The van der Waals surface area contributed by atoms with Crippen molar-refractivity contribution in [2.45, 2.75) is 12.8 Å². The van der Waals surface area contributed by atoms with Gasteiger partial charge < -0.3 is 0 Å². The van der Waals surface area contributed by atoms with Crippen LogP contribution in [0, 0.1) is 12.7 Å². The van der Waals surface area contributed by atoms with Crippen molar-refractivity contribution in [1.29, 1.82) is 0 Å². The summed E-state index contributed by atoms with van der Waals surface area (Å²) in [7, 11) is 0. The minimum Gasteiger partial charge on any atom is -0.294 e. The molecule has 0 fully saturated rings. The van der Waals surface area contributed by atoms with Crippen molar-refractivity contribution in [1.82, 2.24) is 9.55 Å². The maximum Gasteiger partial charge on any atom is 0.129 e. The molecule has 2 nitrogen and oxygen atoms in total. The average Bonchev–Trinajstić information content (AvgIpc) is 2.80. The fourth-order valence-electron chi connectivity index (χ4n) is 2.27. The molecule has 1 aromatic heterocycles. The van der Waals surface area contributed by atoms with Crippen LogP contribution >= 0.6 is 34.8 Å². The summed E-state index contributed by atoms with van der Waals surface area (Å²) in [5.41, 5.74) is 2.82. The first-order valence-corrected chi connectivity index (χ1v) is 7.49. The van der Waals surface area contributed by atoms with E-state index < -0.39 is 0 Å². The molecule has 0 N–H and O–H groups in total. The third-order valence-electron chi connectivity index (χ3n) is 3.27. The lowest BCUT2D eigenvalue weighted by Crippen LogP contribution is -2.00. The van der Waals surface area contributed by atoms with Crippen LogP contribution in [0.15, 0.2) is 30.3 Å². The lowest BCUT2D eigenvalue weighted by Gasteiger charge is -2.12. The van der Waals surface area contributed by atoms with Crippen molar-refractivity contribution < 1.29 is 4.39 Å². The van der Waals surface area contributed by atoms with E-state index >= 15 is 0 Å². The minimum absolute atomic E-state index is 0.179. The predicted octanol–water partition coefficient (Wildman–Crippen LogP) is 5.52. The van der Waals surface area contributed by atoms with E-state index in [4.69, 9.17) is 34.8 Å². The fourth-order valence-corrected chi connectivity index (χ4v) is 2.91. The quantitative estimate of drug-likeness (QED) is 0.560. The largest absolute Gasteiger partial charge is 0.294 e. The Morgan fingerprint density at radius 1 is 1.14 bits per heavy atom. The van der Waals surface area contributed by atoms with E-state index in [2.05, 4.69) is 4.98 Å². The van der Waals surface area contributed by atoms with Crippen molar-refractivity contribution >= 4 is 45.8 Å². The second-order valence-corrected chi connectivity index (χ2v) is 5.76. The summed E-state index contributed by atoms with van der Waals surface area (Å²) >= 11 is 18.5. The van der Waals surface area contributed by atoms with E-state index in [1.54, 1.807) is 22.8 Å². The zero-order valence-electron chi connectivity index (χ0n) is 11.0. The van der Waals surface area contributed by atoms with Crippen molar-refractivity contribution in [3.8, 4) is 5.69 Å². The Labute approximate surface area is 136 Å². The zero-order valence-corrected chi connectivity index (χ0v) is 13.3. The van der Waals surface area contributed by atoms with E-state index in [0.717, 1.165) is 11.1 Å². The van der Waals surface area contributed by atoms with Crippen molar-refractivity contribution in [2.24, 2.45) is 0 Å². The smallest absolute Gasteiger partial charge is 0.129 e. The molecule has 0 aliphatic rings. The summed E-state index contributed by atoms with van der Waals surface area (Å²) in [4.78, 5) is 4.35. The van der Waals surface area contributed by atoms with Gasteiger partial charge in [-0.15, -0.1) is 11.6 Å². The van der Waals surface area contributed by atoms with Crippen LogP contribution in [0.3, 0.4) is 0 Å². The molecule has 3 rings (SSSR count). The first-order chi connectivity index (χ1) is 10.0. The average molecular weight is 344 g/mol. The summed E-state index contributed by atoms with van der Waals surface area (Å²) in [5.74, 6) is 0.415. The number of imidazole rings is 1. The Balaban J connectivity index is 2.36. The number of rotatable bonds is 2. The molecule has 0 saturated carbocycles. The molecule has 0 aliphatic heterocycles. The molecule has 0 bridgehead atoms. The number of aryl methyl sites for hydroxylation is 1. The number of halogens is 4. The van der Waals surface area contributed by atoms with Crippen LogP contribution in [0.1, 0.15) is 11.4 Å². The van der Waals surface area contributed by atoms with Crippen LogP contribution in [0.25, 0.3) is 16.7 Å². The van der Waals surface area contributed by atoms with Gasteiger partial charge in [-0.25, -0.2) is 9.37 Å². The topological polar surface area (TPSA) is 17.8 Å². The molecule has 108 valence electrons. The second-order valence-electron chi connectivity index (χ2n) is 4.68. The van der Waals surface area contributed by atoms with Gasteiger partial charge in [-0.2, -0.15) is 0 Å². The second kappa shape index (κ2) is 5.48. The third-order valence-corrected chi connectivity index (χ3v) is 4.22. The van der Waals surface area contributed by atoms with Crippen molar-refractivity contribution in [2.75, 3.05) is 0 Å². The molecule has 0 unspecified atom stereocenters. The van der Waals surface area contributed by atoms with Crippen LogP contribution in [-0.2, 0) is 5.88 Å². The highest BCUT2D eigenvalue weighted by Gasteiger charge is 2.16. The lowest BCUT2D eigenvalue weighted by molar-refractivity contribution is 0.629. The number of alkyl halides is 1. The maximum atomic E-state index is 13.4. The highest BCUT2D eigenvalue weighted by molar-refractivity contribution is 6.35. The molecular formula is C15H10Cl3FN2. The van der Waals surface area contributed by atoms with Crippen LogP contribution < -0.4 is 0 Å². The van der Waals surface area contributed by atoms with Gasteiger partial charge in [0.1, 0.15) is 11.6 Å². The molecule has 3 aromatic rings. The van der Waals surface area contributed by atoms with Gasteiger partial charge in [-0.1, -0.05) is 23.2 Å². The van der Waals surface area contributed by atoms with E-state index in [0.29, 0.717) is 27.1 Å². The van der Waals surface area contributed by atoms with Crippen LogP contribution in [0.5, 0.6) is 0 Å². The van der Waals surface area contributed by atoms with Gasteiger partial charge in [0.05, 0.1) is 27.6 Å². The van der Waals surface area contributed by atoms with Gasteiger partial charge in [0.2, 0.25) is 0 Å². The molecule has 0 spiro atoms. The fraction of sp³-hybridized carbons (Fsp3) is 0.133. The van der Waals surface area contributed by atoms with Crippen LogP contribution in [0.2, 0.25) is 10.0 Å². The zero-order chi connectivity index (χ0) is 15.1. The molecule has 0 saturated heterocycles. The van der Waals surface area contributed by atoms with Crippen molar-refractivity contribution in [3.63, 3.8) is 0 Å². The Kier molecular flexibility index (Phi) is 3.82. The SMILES string of the molecule is Cc1cc(Cl)c(-n2c(CCl)nc3cc(F)ccc32)cc1Cl. The number of fused-ring (bicyclic) bond motifs is 1. The molecular weight excluding hydrogens is 334 g/mol. The van der Waals surface area contributed by atoms with Gasteiger partial charge in [0, 0.05) is 11.1 Å². The third kappa shape index (κ3) is 2.50. The molecule has 1 heterocycles. The highest BCUT2D eigenvalue weighted by atomic mass is 35.5. The Morgan fingerprint density at radius 3 is 2.62 bits per heavy atom. The summed E-state index contributed by atoms with van der Waals surface area (Å²) in [6, 6.07) is 7.94. The first-order valence-electron chi connectivity index (χ1n) is 6.20. The van der Waals surface area contributed by atoms with Gasteiger partial charge in [0.15, 0.2) is 0 Å². The van der Waals surface area contributed by atoms with Gasteiger partial charge >= 0.3 is 0 Å². The molecule has 21 heavy (non-hydrogen) atoms.